The van der Waals surface area contributed by atoms with Gasteiger partial charge in [-0.2, -0.15) is 0 Å². The van der Waals surface area contributed by atoms with Crippen LogP contribution in [-0.4, -0.2) is 9.55 Å². The largest absolute Gasteiger partial charge is 0.369 e. The van der Waals surface area contributed by atoms with Crippen LogP contribution < -0.4 is 5.73 Å². The summed E-state index contributed by atoms with van der Waals surface area (Å²) in [4.78, 5) is 4.16. The van der Waals surface area contributed by atoms with E-state index in [-0.39, 0.29) is 5.82 Å². The summed E-state index contributed by atoms with van der Waals surface area (Å²) in [6.07, 6.45) is 0. The smallest absolute Gasteiger partial charge is 0.205 e. The summed E-state index contributed by atoms with van der Waals surface area (Å²) < 4.78 is 15.7. The fourth-order valence-corrected chi connectivity index (χ4v) is 2.85. The molecule has 0 radical (unpaired) electrons. The van der Waals surface area contributed by atoms with Crippen molar-refractivity contribution in [2.24, 2.45) is 0 Å². The minimum atomic E-state index is -0.340. The number of nitrogen functional groups attached to an aromatic ring is 1. The van der Waals surface area contributed by atoms with Gasteiger partial charge >= 0.3 is 0 Å². The molecule has 0 saturated heterocycles. The molecule has 0 bridgehead atoms. The maximum atomic E-state index is 13.2. The Morgan fingerprint density at radius 1 is 1.21 bits per heavy atom. The molecule has 0 aliphatic heterocycles. The van der Waals surface area contributed by atoms with E-state index in [9.17, 15) is 4.39 Å². The van der Waals surface area contributed by atoms with Gasteiger partial charge in [-0.25, -0.2) is 9.37 Å². The molecule has 0 aliphatic rings. The number of hydrogen-bond acceptors (Lipinski definition) is 2. The van der Waals surface area contributed by atoms with Crippen molar-refractivity contribution in [3.05, 3.63) is 51.7 Å². The monoisotopic (exact) mass is 339 g/mol. The number of nitrogens with two attached hydrogens (primary N) is 1. The van der Waals surface area contributed by atoms with Gasteiger partial charge in [-0.15, -0.1) is 0 Å². The lowest BCUT2D eigenvalue weighted by Gasteiger charge is -2.09. The maximum Gasteiger partial charge on any atom is 0.205 e. The van der Waals surface area contributed by atoms with E-state index in [2.05, 4.69) is 20.9 Å². The normalized spacial score (nSPS) is 11.1. The number of nitrogens with zero attached hydrogens (tertiary/aromatic N) is 2. The number of fused-ring (bicyclic) bond motifs is 1. The van der Waals surface area contributed by atoms with Crippen molar-refractivity contribution in [3.8, 4) is 5.69 Å². The summed E-state index contributed by atoms with van der Waals surface area (Å²) in [5.74, 6) is -0.0454. The molecule has 3 aromatic rings. The Kier molecular flexibility index (Phi) is 2.95. The first-order valence-electron chi connectivity index (χ1n) is 5.45. The average Bonchev–Trinajstić information content (AvgIpc) is 2.65. The number of hydrogen-bond donors (Lipinski definition) is 1. The molecule has 0 unspecified atom stereocenters. The van der Waals surface area contributed by atoms with E-state index in [1.165, 1.54) is 12.1 Å². The predicted octanol–water partition coefficient (Wildman–Crippen LogP) is 4.16. The molecule has 3 rings (SSSR count). The van der Waals surface area contributed by atoms with Crippen LogP contribution in [0.4, 0.5) is 10.3 Å². The molecule has 0 fully saturated rings. The zero-order valence-electron chi connectivity index (χ0n) is 9.57. The van der Waals surface area contributed by atoms with Crippen LogP contribution in [0.1, 0.15) is 0 Å². The van der Waals surface area contributed by atoms with Crippen molar-refractivity contribution in [3.63, 3.8) is 0 Å². The average molecular weight is 341 g/mol. The first kappa shape index (κ1) is 12.4. The number of benzene rings is 2. The van der Waals surface area contributed by atoms with Gasteiger partial charge in [0.1, 0.15) is 5.82 Å². The summed E-state index contributed by atoms with van der Waals surface area (Å²) in [5, 5.41) is 0.615. The Bertz CT molecular complexity index is 785. The van der Waals surface area contributed by atoms with Gasteiger partial charge in [0.2, 0.25) is 5.95 Å². The maximum absolute atomic E-state index is 13.2. The summed E-state index contributed by atoms with van der Waals surface area (Å²) in [6.45, 7) is 0. The zero-order valence-corrected chi connectivity index (χ0v) is 11.9. The highest BCUT2D eigenvalue weighted by molar-refractivity contribution is 9.10. The zero-order chi connectivity index (χ0) is 13.6. The van der Waals surface area contributed by atoms with E-state index in [1.807, 2.05) is 6.07 Å². The van der Waals surface area contributed by atoms with Gasteiger partial charge in [0.15, 0.2) is 0 Å². The van der Waals surface area contributed by atoms with Gasteiger partial charge in [-0.3, -0.25) is 4.57 Å². The Balaban J connectivity index is 2.33. The quantitative estimate of drug-likeness (QED) is 0.723. The third kappa shape index (κ3) is 2.09. The Morgan fingerprint density at radius 2 is 2.00 bits per heavy atom. The number of rotatable bonds is 1. The van der Waals surface area contributed by atoms with E-state index in [0.29, 0.717) is 16.5 Å². The van der Waals surface area contributed by atoms with Crippen molar-refractivity contribution in [2.45, 2.75) is 0 Å². The molecular weight excluding hydrogens is 333 g/mol. The van der Waals surface area contributed by atoms with Crippen molar-refractivity contribution < 1.29 is 4.39 Å². The Labute approximate surface area is 121 Å². The number of halogens is 3. The first-order chi connectivity index (χ1) is 9.06. The lowest BCUT2D eigenvalue weighted by atomic mass is 10.2. The topological polar surface area (TPSA) is 43.8 Å². The van der Waals surface area contributed by atoms with Crippen LogP contribution in [0.3, 0.4) is 0 Å². The molecule has 1 heterocycles. The third-order valence-corrected chi connectivity index (χ3v) is 3.66. The van der Waals surface area contributed by atoms with Crippen molar-refractivity contribution in [1.82, 2.24) is 9.55 Å². The molecular formula is C13H8BrClFN3. The molecule has 0 saturated carbocycles. The molecule has 0 spiro atoms. The number of aromatic nitrogens is 2. The van der Waals surface area contributed by atoms with E-state index in [1.54, 1.807) is 22.8 Å². The highest BCUT2D eigenvalue weighted by atomic mass is 79.9. The lowest BCUT2D eigenvalue weighted by molar-refractivity contribution is 0.629. The predicted molar refractivity (Wildman–Crippen MR) is 78.2 cm³/mol. The number of imidazole rings is 1. The molecule has 96 valence electrons. The second-order valence-electron chi connectivity index (χ2n) is 4.03. The summed E-state index contributed by atoms with van der Waals surface area (Å²) >= 11 is 9.36. The van der Waals surface area contributed by atoms with Gasteiger partial charge in [-0.1, -0.05) is 11.6 Å². The van der Waals surface area contributed by atoms with Gasteiger partial charge in [0.05, 0.1) is 16.7 Å². The minimum absolute atomic E-state index is 0.295. The van der Waals surface area contributed by atoms with Gasteiger partial charge in [0.25, 0.3) is 0 Å². The SMILES string of the molecule is Nc1nc2cc(F)ccc2n1-c1ccc(Cl)cc1Br. The van der Waals surface area contributed by atoms with E-state index in [0.717, 1.165) is 15.7 Å². The fourth-order valence-electron chi connectivity index (χ4n) is 1.99. The van der Waals surface area contributed by atoms with Crippen molar-refractivity contribution >= 4 is 44.5 Å². The van der Waals surface area contributed by atoms with Gasteiger partial charge in [0, 0.05) is 15.6 Å². The van der Waals surface area contributed by atoms with Crippen LogP contribution in [0.2, 0.25) is 5.02 Å². The van der Waals surface area contributed by atoms with Crippen LogP contribution in [0.5, 0.6) is 0 Å². The second-order valence-corrected chi connectivity index (χ2v) is 5.32. The Hall–Kier alpha value is -1.59. The van der Waals surface area contributed by atoms with Crippen LogP contribution in [0.15, 0.2) is 40.9 Å². The van der Waals surface area contributed by atoms with Crippen molar-refractivity contribution in [1.29, 1.82) is 0 Å². The van der Waals surface area contributed by atoms with E-state index < -0.39 is 0 Å². The van der Waals surface area contributed by atoms with E-state index in [4.69, 9.17) is 17.3 Å². The van der Waals surface area contributed by atoms with Crippen LogP contribution >= 0.6 is 27.5 Å². The van der Waals surface area contributed by atoms with Crippen LogP contribution in [-0.2, 0) is 0 Å². The fraction of sp³-hybridized carbons (Fsp3) is 0. The molecule has 19 heavy (non-hydrogen) atoms. The second kappa shape index (κ2) is 4.51. The van der Waals surface area contributed by atoms with Crippen LogP contribution in [0.25, 0.3) is 16.7 Å². The first-order valence-corrected chi connectivity index (χ1v) is 6.62. The molecule has 2 N–H and O–H groups in total. The summed E-state index contributed by atoms with van der Waals surface area (Å²) in [5.41, 5.74) is 7.97. The standard InChI is InChI=1S/C13H8BrClFN3/c14-9-5-7(15)1-3-11(9)19-12-4-2-8(16)6-10(12)18-13(19)17/h1-6H,(H2,17,18). The highest BCUT2D eigenvalue weighted by Crippen LogP contribution is 2.30. The highest BCUT2D eigenvalue weighted by Gasteiger charge is 2.13. The lowest BCUT2D eigenvalue weighted by Crippen LogP contribution is -2.01. The van der Waals surface area contributed by atoms with Crippen LogP contribution in [0, 0.1) is 5.82 Å². The summed E-state index contributed by atoms with van der Waals surface area (Å²) in [6, 6.07) is 9.74. The molecule has 0 aliphatic carbocycles. The molecule has 2 aromatic carbocycles. The molecule has 3 nitrogen and oxygen atoms in total. The van der Waals surface area contributed by atoms with Gasteiger partial charge < -0.3 is 5.73 Å². The molecule has 0 amide bonds. The van der Waals surface area contributed by atoms with E-state index >= 15 is 0 Å². The molecule has 1 aromatic heterocycles. The Morgan fingerprint density at radius 3 is 2.74 bits per heavy atom. The third-order valence-electron chi connectivity index (χ3n) is 2.79. The van der Waals surface area contributed by atoms with Gasteiger partial charge in [-0.05, 0) is 46.3 Å². The summed E-state index contributed by atoms with van der Waals surface area (Å²) in [7, 11) is 0. The van der Waals surface area contributed by atoms with Crippen molar-refractivity contribution in [2.75, 3.05) is 5.73 Å². The molecule has 6 heteroatoms. The number of anilines is 1. The minimum Gasteiger partial charge on any atom is -0.369 e. The molecule has 0 atom stereocenters.